The second-order valence-corrected chi connectivity index (χ2v) is 6.01. The molecule has 2 saturated heterocycles. The summed E-state index contributed by atoms with van der Waals surface area (Å²) >= 11 is 0. The van der Waals surface area contributed by atoms with Crippen molar-refractivity contribution in [2.24, 2.45) is 0 Å². The molecule has 2 bridgehead atoms. The average Bonchev–Trinajstić information content (AvgIpc) is 2.44. The highest BCUT2D eigenvalue weighted by molar-refractivity contribution is 7.55. The third kappa shape index (κ3) is 2.62. The molecule has 0 amide bonds. The van der Waals surface area contributed by atoms with E-state index in [1.54, 1.807) is 7.11 Å². The highest BCUT2D eigenvalue weighted by atomic mass is 31.2. The van der Waals surface area contributed by atoms with Crippen LogP contribution in [0.3, 0.4) is 0 Å². The Labute approximate surface area is 99.7 Å². The van der Waals surface area contributed by atoms with Crippen molar-refractivity contribution in [3.8, 4) is 0 Å². The standard InChI is InChI=1S/C10H17O6P/c1-7-5-8-9(14-2)10(16-7,6-15-8)3-4-17(11,12)13/h3-4,7-9H,5-6H2,1-2H3,(H2,11,12,13)/b4-3+. The van der Waals surface area contributed by atoms with Gasteiger partial charge in [0.1, 0.15) is 11.7 Å². The highest BCUT2D eigenvalue weighted by Gasteiger charge is 2.54. The summed E-state index contributed by atoms with van der Waals surface area (Å²) in [5.74, 6) is 0.864. The molecule has 0 spiro atoms. The molecule has 6 nitrogen and oxygen atoms in total. The molecule has 2 aliphatic rings. The van der Waals surface area contributed by atoms with Crippen LogP contribution >= 0.6 is 7.60 Å². The van der Waals surface area contributed by atoms with Gasteiger partial charge in [-0.15, -0.1) is 0 Å². The van der Waals surface area contributed by atoms with Gasteiger partial charge < -0.3 is 24.0 Å². The second-order valence-electron chi connectivity index (χ2n) is 4.53. The molecule has 0 aromatic rings. The van der Waals surface area contributed by atoms with Gasteiger partial charge in [0.15, 0.2) is 0 Å². The first-order chi connectivity index (χ1) is 7.86. The predicted molar refractivity (Wildman–Crippen MR) is 59.6 cm³/mol. The summed E-state index contributed by atoms with van der Waals surface area (Å²) in [5.41, 5.74) is -0.877. The van der Waals surface area contributed by atoms with Gasteiger partial charge in [-0.3, -0.25) is 4.57 Å². The van der Waals surface area contributed by atoms with Crippen LogP contribution in [0, 0.1) is 0 Å². The summed E-state index contributed by atoms with van der Waals surface area (Å²) in [5, 5.41) is 0. The van der Waals surface area contributed by atoms with Crippen molar-refractivity contribution >= 4 is 7.60 Å². The van der Waals surface area contributed by atoms with Gasteiger partial charge in [0, 0.05) is 19.3 Å². The van der Waals surface area contributed by atoms with Gasteiger partial charge >= 0.3 is 7.60 Å². The minimum absolute atomic E-state index is 0.0182. The number of ether oxygens (including phenoxy) is 3. The van der Waals surface area contributed by atoms with E-state index in [4.69, 9.17) is 24.0 Å². The largest absolute Gasteiger partial charge is 0.375 e. The van der Waals surface area contributed by atoms with Gasteiger partial charge in [-0.1, -0.05) is 0 Å². The van der Waals surface area contributed by atoms with Crippen LogP contribution in [0.5, 0.6) is 0 Å². The van der Waals surface area contributed by atoms with Crippen molar-refractivity contribution in [2.45, 2.75) is 37.3 Å². The van der Waals surface area contributed by atoms with Crippen molar-refractivity contribution in [1.29, 1.82) is 0 Å². The van der Waals surface area contributed by atoms with Gasteiger partial charge in [0.2, 0.25) is 0 Å². The Morgan fingerprint density at radius 3 is 2.82 bits per heavy atom. The fourth-order valence-electron chi connectivity index (χ4n) is 2.52. The van der Waals surface area contributed by atoms with Gasteiger partial charge in [-0.2, -0.15) is 0 Å². The van der Waals surface area contributed by atoms with E-state index in [-0.39, 0.29) is 24.9 Å². The Balaban J connectivity index is 2.26. The Hall–Kier alpha value is -0.230. The van der Waals surface area contributed by atoms with E-state index < -0.39 is 13.2 Å². The molecule has 17 heavy (non-hydrogen) atoms. The molecule has 0 aromatic heterocycles. The van der Waals surface area contributed by atoms with E-state index in [0.717, 1.165) is 12.2 Å². The van der Waals surface area contributed by atoms with Crippen molar-refractivity contribution < 1.29 is 28.6 Å². The van der Waals surface area contributed by atoms with Crippen LogP contribution in [-0.2, 0) is 18.8 Å². The van der Waals surface area contributed by atoms with Crippen LogP contribution in [0.4, 0.5) is 0 Å². The zero-order valence-electron chi connectivity index (χ0n) is 9.78. The zero-order chi connectivity index (χ0) is 12.7. The monoisotopic (exact) mass is 264 g/mol. The van der Waals surface area contributed by atoms with E-state index >= 15 is 0 Å². The summed E-state index contributed by atoms with van der Waals surface area (Å²) in [4.78, 5) is 17.8. The molecule has 0 saturated carbocycles. The fourth-order valence-corrected chi connectivity index (χ4v) is 2.97. The zero-order valence-corrected chi connectivity index (χ0v) is 10.7. The summed E-state index contributed by atoms with van der Waals surface area (Å²) in [7, 11) is -2.65. The summed E-state index contributed by atoms with van der Waals surface area (Å²) in [6, 6.07) is 0. The quantitative estimate of drug-likeness (QED) is 0.727. The molecule has 2 fully saturated rings. The number of hydrogen-bond donors (Lipinski definition) is 2. The maximum Gasteiger partial charge on any atom is 0.348 e. The van der Waals surface area contributed by atoms with Crippen LogP contribution < -0.4 is 0 Å². The van der Waals surface area contributed by atoms with E-state index in [2.05, 4.69) is 0 Å². The Bertz CT molecular complexity index is 364. The molecule has 2 N–H and O–H groups in total. The predicted octanol–water partition coefficient (Wildman–Crippen LogP) is 0.639. The van der Waals surface area contributed by atoms with Crippen LogP contribution in [0.25, 0.3) is 0 Å². The average molecular weight is 264 g/mol. The van der Waals surface area contributed by atoms with E-state index in [0.29, 0.717) is 0 Å². The van der Waals surface area contributed by atoms with Gasteiger partial charge in [0.25, 0.3) is 0 Å². The first-order valence-electron chi connectivity index (χ1n) is 5.44. The van der Waals surface area contributed by atoms with Gasteiger partial charge in [0.05, 0.1) is 18.8 Å². The molecule has 0 aromatic carbocycles. The third-order valence-corrected chi connectivity index (χ3v) is 3.67. The lowest BCUT2D eigenvalue weighted by Gasteiger charge is -2.39. The Morgan fingerprint density at radius 2 is 2.24 bits per heavy atom. The van der Waals surface area contributed by atoms with Crippen molar-refractivity contribution in [3.05, 3.63) is 11.9 Å². The van der Waals surface area contributed by atoms with Crippen LogP contribution in [0.2, 0.25) is 0 Å². The van der Waals surface area contributed by atoms with Crippen molar-refractivity contribution in [3.63, 3.8) is 0 Å². The Morgan fingerprint density at radius 1 is 1.53 bits per heavy atom. The Kier molecular flexibility index (Phi) is 3.47. The first kappa shape index (κ1) is 13.2. The number of hydrogen-bond acceptors (Lipinski definition) is 4. The van der Waals surface area contributed by atoms with E-state index in [1.165, 1.54) is 6.08 Å². The summed E-state index contributed by atoms with van der Waals surface area (Å²) < 4.78 is 27.6. The lowest BCUT2D eigenvalue weighted by atomic mass is 9.90. The first-order valence-corrected chi connectivity index (χ1v) is 7.12. The van der Waals surface area contributed by atoms with Crippen LogP contribution in [0.15, 0.2) is 11.9 Å². The van der Waals surface area contributed by atoms with Crippen molar-refractivity contribution in [2.75, 3.05) is 13.7 Å². The smallest absolute Gasteiger partial charge is 0.348 e. The maximum absolute atomic E-state index is 10.9. The third-order valence-electron chi connectivity index (χ3n) is 3.13. The molecule has 4 unspecified atom stereocenters. The summed E-state index contributed by atoms with van der Waals surface area (Å²) in [6.45, 7) is 2.17. The molecule has 0 radical (unpaired) electrons. The SMILES string of the molecule is COC1C2CC(C)OC1(/C=C/P(=O)(O)O)CO2. The van der Waals surface area contributed by atoms with Crippen LogP contribution in [0.1, 0.15) is 13.3 Å². The maximum atomic E-state index is 10.9. The molecule has 2 rings (SSSR count). The van der Waals surface area contributed by atoms with Gasteiger partial charge in [-0.25, -0.2) is 0 Å². The van der Waals surface area contributed by atoms with E-state index in [1.807, 2.05) is 6.92 Å². The van der Waals surface area contributed by atoms with Gasteiger partial charge in [-0.05, 0) is 13.0 Å². The number of rotatable bonds is 3. The molecular weight excluding hydrogens is 247 g/mol. The minimum atomic E-state index is -4.20. The topological polar surface area (TPSA) is 85.2 Å². The van der Waals surface area contributed by atoms with E-state index in [9.17, 15) is 4.57 Å². The highest BCUT2D eigenvalue weighted by Crippen LogP contribution is 2.43. The minimum Gasteiger partial charge on any atom is -0.375 e. The fraction of sp³-hybridized carbons (Fsp3) is 0.800. The second kappa shape index (κ2) is 4.46. The molecule has 0 aliphatic carbocycles. The molecule has 2 heterocycles. The number of methoxy groups -OCH3 is 1. The van der Waals surface area contributed by atoms with Crippen LogP contribution in [-0.4, -0.2) is 47.4 Å². The molecule has 4 atom stereocenters. The lowest BCUT2D eigenvalue weighted by Crippen LogP contribution is -2.52. The normalized spacial score (nSPS) is 42.2. The lowest BCUT2D eigenvalue weighted by molar-refractivity contribution is -0.149. The van der Waals surface area contributed by atoms with Crippen molar-refractivity contribution in [1.82, 2.24) is 0 Å². The molecule has 7 heteroatoms. The number of fused-ring (bicyclic) bond motifs is 2. The molecular formula is C10H17O6P. The summed E-state index contributed by atoms with van der Waals surface area (Å²) in [6.07, 6.45) is 1.70. The molecule has 2 aliphatic heterocycles. The molecule has 98 valence electrons.